The quantitative estimate of drug-likeness (QED) is 0.142. The van der Waals surface area contributed by atoms with Crippen molar-refractivity contribution in [3.05, 3.63) is 104 Å². The number of amides is 4. The van der Waals surface area contributed by atoms with E-state index in [9.17, 15) is 19.5 Å². The number of allylic oxidation sites excluding steroid dienone is 3. The van der Waals surface area contributed by atoms with E-state index in [0.29, 0.717) is 35.1 Å². The zero-order valence-electron chi connectivity index (χ0n) is 30.1. The predicted octanol–water partition coefficient (Wildman–Crippen LogP) is 7.81. The van der Waals surface area contributed by atoms with Gasteiger partial charge >= 0.3 is 0 Å². The lowest BCUT2D eigenvalue weighted by atomic mass is 9.51. The summed E-state index contributed by atoms with van der Waals surface area (Å²) in [5.74, 6) is -3.08. The Labute approximate surface area is 329 Å². The number of likely N-dealkylation sites (tertiary alicyclic amines) is 1. The first-order chi connectivity index (χ1) is 26.4. The molecule has 13 heteroatoms. The van der Waals surface area contributed by atoms with Crippen molar-refractivity contribution < 1.29 is 29.0 Å². The standard InChI is InChI=1S/C42H35ClN4O6S2/c1-20-28-15-23(43)6-11-33(28)55-37(20)31-17-34(45(3)44-31)47-39(50)30-16-29-26(8-9-27-35(29)40(51)46(38(27)49)18-25-5-4-12-54-25)36(42(30,2)41(47)52)22-13-21-14-24(48)7-10-32(21)53-19-22/h4-8,10-12,14-15,17,19,27,29-30,35-36,48H,9,13,16,18H2,1-3H3/t27-,29+,30-,35-,36-,42+/m0/s1. The molecule has 4 amide bonds. The second kappa shape index (κ2) is 12.2. The number of thiophene rings is 2. The lowest BCUT2D eigenvalue weighted by Crippen LogP contribution is -2.51. The molecule has 5 aliphatic rings. The summed E-state index contributed by atoms with van der Waals surface area (Å²) >= 11 is 9.41. The van der Waals surface area contributed by atoms with Crippen molar-refractivity contribution in [3.63, 3.8) is 0 Å². The monoisotopic (exact) mass is 790 g/mol. The number of nitrogens with zero attached hydrogens (tertiary/aromatic N) is 4. The molecule has 2 aliphatic carbocycles. The molecule has 278 valence electrons. The highest BCUT2D eigenvalue weighted by Crippen LogP contribution is 2.63. The van der Waals surface area contributed by atoms with Crippen LogP contribution in [0.2, 0.25) is 5.02 Å². The summed E-state index contributed by atoms with van der Waals surface area (Å²) in [4.78, 5) is 62.9. The third kappa shape index (κ3) is 4.93. The van der Waals surface area contributed by atoms with Gasteiger partial charge in [0.25, 0.3) is 0 Å². The molecule has 2 aromatic carbocycles. The van der Waals surface area contributed by atoms with Gasteiger partial charge in [0.2, 0.25) is 23.6 Å². The van der Waals surface area contributed by atoms with Crippen molar-refractivity contribution >= 4 is 73.8 Å². The molecule has 0 unspecified atom stereocenters. The molecule has 3 aliphatic heterocycles. The van der Waals surface area contributed by atoms with E-state index >= 15 is 4.79 Å². The fourth-order valence-corrected chi connectivity index (χ4v) is 12.1. The summed E-state index contributed by atoms with van der Waals surface area (Å²) in [5, 5.41) is 18.8. The number of imide groups is 2. The number of benzene rings is 2. The van der Waals surface area contributed by atoms with Crippen molar-refractivity contribution in [2.24, 2.45) is 42.1 Å². The van der Waals surface area contributed by atoms with Gasteiger partial charge in [-0.05, 0) is 97.0 Å². The number of carbonyl (C=O) groups is 4. The second-order valence-electron chi connectivity index (χ2n) is 15.5. The number of rotatable bonds is 5. The first kappa shape index (κ1) is 34.5. The normalized spacial score (nSPS) is 27.2. The van der Waals surface area contributed by atoms with Crippen LogP contribution in [0, 0.1) is 41.9 Å². The Morgan fingerprint density at radius 3 is 2.67 bits per heavy atom. The topological polar surface area (TPSA) is 122 Å². The minimum Gasteiger partial charge on any atom is -0.508 e. The van der Waals surface area contributed by atoms with Crippen LogP contribution in [0.3, 0.4) is 0 Å². The maximum absolute atomic E-state index is 15.2. The van der Waals surface area contributed by atoms with Gasteiger partial charge in [-0.2, -0.15) is 5.10 Å². The molecule has 10 nitrogen and oxygen atoms in total. The van der Waals surface area contributed by atoms with E-state index in [1.807, 2.05) is 49.6 Å². The number of aryl methyl sites for hydroxylation is 2. The summed E-state index contributed by atoms with van der Waals surface area (Å²) in [6.45, 7) is 4.10. The maximum atomic E-state index is 15.2. The van der Waals surface area contributed by atoms with E-state index in [1.165, 1.54) is 21.1 Å². The molecule has 0 bridgehead atoms. The zero-order valence-corrected chi connectivity index (χ0v) is 32.5. The fraction of sp³-hybridized carbons (Fsp3) is 0.310. The van der Waals surface area contributed by atoms with Gasteiger partial charge in [-0.25, -0.2) is 4.90 Å². The summed E-state index contributed by atoms with van der Waals surface area (Å²) in [6.07, 6.45) is 4.71. The predicted molar refractivity (Wildman–Crippen MR) is 210 cm³/mol. The highest BCUT2D eigenvalue weighted by atomic mass is 35.5. The third-order valence-electron chi connectivity index (χ3n) is 12.6. The molecule has 3 aromatic heterocycles. The van der Waals surface area contributed by atoms with Crippen LogP contribution in [0.5, 0.6) is 11.5 Å². The number of hydrogen-bond donors (Lipinski definition) is 1. The maximum Gasteiger partial charge on any atom is 0.242 e. The van der Waals surface area contributed by atoms with Gasteiger partial charge in [0.05, 0.1) is 40.9 Å². The molecular formula is C42H35ClN4O6S2. The van der Waals surface area contributed by atoms with Crippen molar-refractivity contribution in [1.82, 2.24) is 14.7 Å². The Kier molecular flexibility index (Phi) is 7.66. The number of ether oxygens (including phenoxy) is 1. The molecule has 1 saturated carbocycles. The molecule has 0 spiro atoms. The molecular weight excluding hydrogens is 756 g/mol. The Morgan fingerprint density at radius 2 is 1.87 bits per heavy atom. The Bertz CT molecular complexity index is 2590. The van der Waals surface area contributed by atoms with Crippen LogP contribution >= 0.6 is 34.3 Å². The third-order valence-corrected chi connectivity index (χ3v) is 15.0. The van der Waals surface area contributed by atoms with Crippen molar-refractivity contribution in [1.29, 1.82) is 0 Å². The van der Waals surface area contributed by atoms with E-state index in [1.54, 1.807) is 53.6 Å². The van der Waals surface area contributed by atoms with Crippen LogP contribution in [0.15, 0.2) is 83.5 Å². The van der Waals surface area contributed by atoms with Gasteiger partial charge in [0.15, 0.2) is 0 Å². The number of fused-ring (bicyclic) bond motifs is 6. The number of carbonyl (C=O) groups excluding carboxylic acids is 4. The number of phenolic OH excluding ortho intramolecular Hbond substituents is 1. The van der Waals surface area contributed by atoms with Crippen molar-refractivity contribution in [2.75, 3.05) is 4.90 Å². The lowest BCUT2D eigenvalue weighted by molar-refractivity contribution is -0.141. The van der Waals surface area contributed by atoms with E-state index in [-0.39, 0.29) is 42.3 Å². The SMILES string of the molecule is Cc1c(-c2cc(N3C(=O)[C@@H]4C[C@@H]5C(=CC[C@@H]6C(=O)N(Cc7cccs7)C(=O)[C@@H]65)[C@H](C5=COc6ccc(O)cc6C5)[C@]4(C)C3=O)n(C)n2)sc2ccc(Cl)cc12. The van der Waals surface area contributed by atoms with E-state index in [4.69, 9.17) is 21.4 Å². The van der Waals surface area contributed by atoms with Crippen LogP contribution in [0.4, 0.5) is 5.82 Å². The summed E-state index contributed by atoms with van der Waals surface area (Å²) in [6, 6.07) is 16.3. The van der Waals surface area contributed by atoms with E-state index in [2.05, 4.69) is 6.08 Å². The molecule has 0 radical (unpaired) electrons. The number of aromatic hydroxyl groups is 1. The first-order valence-corrected chi connectivity index (χ1v) is 20.4. The van der Waals surface area contributed by atoms with Crippen molar-refractivity contribution in [3.8, 4) is 22.1 Å². The summed E-state index contributed by atoms with van der Waals surface area (Å²) < 4.78 is 8.79. The number of phenols is 1. The average Bonchev–Trinajstić information content (AvgIpc) is 3.97. The number of anilines is 1. The number of halogens is 1. The summed E-state index contributed by atoms with van der Waals surface area (Å²) in [5.41, 5.74) is 2.84. The average molecular weight is 791 g/mol. The summed E-state index contributed by atoms with van der Waals surface area (Å²) in [7, 11) is 1.74. The molecule has 10 rings (SSSR count). The molecule has 6 atom stereocenters. The van der Waals surface area contributed by atoms with Gasteiger partial charge < -0.3 is 9.84 Å². The van der Waals surface area contributed by atoms with E-state index < -0.39 is 35.0 Å². The van der Waals surface area contributed by atoms with Crippen LogP contribution in [-0.2, 0) is 39.2 Å². The largest absolute Gasteiger partial charge is 0.508 e. The number of hydrogen-bond acceptors (Lipinski definition) is 9. The van der Waals surface area contributed by atoms with Crippen molar-refractivity contribution in [2.45, 2.75) is 39.7 Å². The van der Waals surface area contributed by atoms with E-state index in [0.717, 1.165) is 42.1 Å². The number of aromatic nitrogens is 2. The Morgan fingerprint density at radius 1 is 1.04 bits per heavy atom. The molecule has 5 aromatic rings. The zero-order chi connectivity index (χ0) is 38.1. The lowest BCUT2D eigenvalue weighted by Gasteiger charge is -2.49. The highest BCUT2D eigenvalue weighted by Gasteiger charge is 2.68. The van der Waals surface area contributed by atoms with Gasteiger partial charge in [-0.1, -0.05) is 29.3 Å². The van der Waals surface area contributed by atoms with Crippen LogP contribution in [0.1, 0.15) is 35.8 Å². The first-order valence-electron chi connectivity index (χ1n) is 18.3. The van der Waals surface area contributed by atoms with Crippen LogP contribution < -0.4 is 9.64 Å². The second-order valence-corrected chi connectivity index (χ2v) is 18.0. The Hall–Kier alpha value is -5.04. The van der Waals surface area contributed by atoms with Gasteiger partial charge in [-0.3, -0.25) is 28.8 Å². The highest BCUT2D eigenvalue weighted by molar-refractivity contribution is 7.22. The smallest absolute Gasteiger partial charge is 0.242 e. The minimum absolute atomic E-state index is 0.0945. The van der Waals surface area contributed by atoms with Crippen LogP contribution in [-0.4, -0.2) is 43.4 Å². The molecule has 55 heavy (non-hydrogen) atoms. The Balaban J connectivity index is 1.07. The molecule has 2 saturated heterocycles. The fourth-order valence-electron chi connectivity index (χ4n) is 10.1. The van der Waals surface area contributed by atoms with Gasteiger partial charge in [0, 0.05) is 45.6 Å². The molecule has 1 N–H and O–H groups in total. The molecule has 3 fully saturated rings. The molecule has 6 heterocycles. The minimum atomic E-state index is -1.24. The van der Waals surface area contributed by atoms with Crippen LogP contribution in [0.25, 0.3) is 20.7 Å². The van der Waals surface area contributed by atoms with Gasteiger partial charge in [-0.15, -0.1) is 22.7 Å². The van der Waals surface area contributed by atoms with Gasteiger partial charge in [0.1, 0.15) is 23.0 Å².